The standard InChI is InChI=1S/C23H20N2O2/c1-23(2,3)22-24-20(16-4-6-18-14(12-16)8-10-26-18)21(25-22)17-5-7-19-15(13-17)9-11-27-19/h4-13H,1-3H3,(H,24,25). The number of fused-ring (bicyclic) bond motifs is 2. The van der Waals surface area contributed by atoms with Crippen molar-refractivity contribution in [3.05, 3.63) is 66.9 Å². The molecule has 5 aromatic rings. The SMILES string of the molecule is CC(C)(C)c1nc(-c2ccc3occc3c2)c(-c2ccc3occc3c2)[nH]1. The number of rotatable bonds is 2. The molecule has 0 aliphatic carbocycles. The second-order valence-electron chi connectivity index (χ2n) is 7.91. The molecular weight excluding hydrogens is 336 g/mol. The molecule has 0 bridgehead atoms. The molecule has 0 atom stereocenters. The highest BCUT2D eigenvalue weighted by atomic mass is 16.3. The van der Waals surface area contributed by atoms with Crippen LogP contribution in [0.2, 0.25) is 0 Å². The van der Waals surface area contributed by atoms with Gasteiger partial charge in [-0.1, -0.05) is 20.8 Å². The number of H-pyrrole nitrogens is 1. The van der Waals surface area contributed by atoms with E-state index >= 15 is 0 Å². The zero-order chi connectivity index (χ0) is 18.6. The van der Waals surface area contributed by atoms with E-state index in [1.54, 1.807) is 12.5 Å². The largest absolute Gasteiger partial charge is 0.464 e. The normalized spacial score (nSPS) is 12.3. The van der Waals surface area contributed by atoms with Gasteiger partial charge in [-0.2, -0.15) is 0 Å². The first-order chi connectivity index (χ1) is 13.0. The molecule has 0 saturated carbocycles. The third-order valence-electron chi connectivity index (χ3n) is 4.88. The Morgan fingerprint density at radius 3 is 2.00 bits per heavy atom. The topological polar surface area (TPSA) is 55.0 Å². The van der Waals surface area contributed by atoms with Gasteiger partial charge in [-0.15, -0.1) is 0 Å². The van der Waals surface area contributed by atoms with Crippen molar-refractivity contribution in [1.82, 2.24) is 9.97 Å². The van der Waals surface area contributed by atoms with Crippen LogP contribution in [0.5, 0.6) is 0 Å². The summed E-state index contributed by atoms with van der Waals surface area (Å²) >= 11 is 0. The Labute approximate surface area is 156 Å². The van der Waals surface area contributed by atoms with Gasteiger partial charge in [0.1, 0.15) is 17.0 Å². The Morgan fingerprint density at radius 1 is 0.778 bits per heavy atom. The number of aromatic nitrogens is 2. The fraction of sp³-hybridized carbons (Fsp3) is 0.174. The fourth-order valence-corrected chi connectivity index (χ4v) is 3.38. The number of nitrogens with one attached hydrogen (secondary N) is 1. The van der Waals surface area contributed by atoms with Gasteiger partial charge in [-0.05, 0) is 48.5 Å². The molecule has 4 heteroatoms. The van der Waals surface area contributed by atoms with Crippen LogP contribution in [0.15, 0.2) is 69.9 Å². The second-order valence-corrected chi connectivity index (χ2v) is 7.91. The first-order valence-electron chi connectivity index (χ1n) is 9.05. The molecule has 134 valence electrons. The molecule has 0 aliphatic heterocycles. The summed E-state index contributed by atoms with van der Waals surface area (Å²) in [6.07, 6.45) is 3.43. The maximum atomic E-state index is 5.49. The molecule has 0 radical (unpaired) electrons. The summed E-state index contributed by atoms with van der Waals surface area (Å²) in [4.78, 5) is 8.55. The summed E-state index contributed by atoms with van der Waals surface area (Å²) < 4.78 is 11.0. The summed E-state index contributed by atoms with van der Waals surface area (Å²) in [6.45, 7) is 6.49. The lowest BCUT2D eigenvalue weighted by Gasteiger charge is -2.14. The predicted octanol–water partition coefficient (Wildman–Crippen LogP) is 6.53. The summed E-state index contributed by atoms with van der Waals surface area (Å²) in [6, 6.07) is 16.4. The smallest absolute Gasteiger partial charge is 0.133 e. The molecule has 3 heterocycles. The number of hydrogen-bond acceptors (Lipinski definition) is 3. The third-order valence-corrected chi connectivity index (χ3v) is 4.88. The Bertz CT molecular complexity index is 1170. The van der Waals surface area contributed by atoms with Gasteiger partial charge >= 0.3 is 0 Å². The number of aromatic amines is 1. The number of benzene rings is 2. The van der Waals surface area contributed by atoms with Crippen LogP contribution in [-0.4, -0.2) is 9.97 Å². The van der Waals surface area contributed by atoms with Crippen molar-refractivity contribution in [3.8, 4) is 22.5 Å². The van der Waals surface area contributed by atoms with Crippen molar-refractivity contribution >= 4 is 21.9 Å². The molecule has 0 amide bonds. The van der Waals surface area contributed by atoms with Gasteiger partial charge in [0.05, 0.1) is 23.9 Å². The summed E-state index contributed by atoms with van der Waals surface area (Å²) in [5.74, 6) is 0.965. The Kier molecular flexibility index (Phi) is 3.31. The highest BCUT2D eigenvalue weighted by Crippen LogP contribution is 2.36. The average molecular weight is 356 g/mol. The quantitative estimate of drug-likeness (QED) is 0.391. The van der Waals surface area contributed by atoms with Gasteiger partial charge in [-0.25, -0.2) is 4.98 Å². The van der Waals surface area contributed by atoms with Crippen LogP contribution in [0.4, 0.5) is 0 Å². The van der Waals surface area contributed by atoms with E-state index in [0.717, 1.165) is 50.3 Å². The molecule has 0 unspecified atom stereocenters. The molecule has 0 saturated heterocycles. The van der Waals surface area contributed by atoms with Gasteiger partial charge in [0, 0.05) is 27.3 Å². The van der Waals surface area contributed by atoms with Crippen molar-refractivity contribution in [2.24, 2.45) is 0 Å². The van der Waals surface area contributed by atoms with Gasteiger partial charge in [0.2, 0.25) is 0 Å². The van der Waals surface area contributed by atoms with E-state index in [4.69, 9.17) is 13.8 Å². The van der Waals surface area contributed by atoms with E-state index in [1.165, 1.54) is 0 Å². The van der Waals surface area contributed by atoms with Crippen LogP contribution in [-0.2, 0) is 5.41 Å². The summed E-state index contributed by atoms with van der Waals surface area (Å²) in [7, 11) is 0. The molecule has 0 aliphatic rings. The van der Waals surface area contributed by atoms with Crippen LogP contribution < -0.4 is 0 Å². The lowest BCUT2D eigenvalue weighted by Crippen LogP contribution is -2.13. The average Bonchev–Trinajstić information content (AvgIpc) is 3.37. The van der Waals surface area contributed by atoms with Crippen molar-refractivity contribution < 1.29 is 8.83 Å². The highest BCUT2D eigenvalue weighted by molar-refractivity contribution is 5.89. The number of imidazole rings is 1. The van der Waals surface area contributed by atoms with Crippen molar-refractivity contribution in [2.45, 2.75) is 26.2 Å². The van der Waals surface area contributed by atoms with Gasteiger partial charge in [0.25, 0.3) is 0 Å². The van der Waals surface area contributed by atoms with Gasteiger partial charge < -0.3 is 13.8 Å². The number of furan rings is 2. The van der Waals surface area contributed by atoms with E-state index in [1.807, 2.05) is 24.3 Å². The molecular formula is C23H20N2O2. The first kappa shape index (κ1) is 15.9. The molecule has 1 N–H and O–H groups in total. The second kappa shape index (κ2) is 5.61. The van der Waals surface area contributed by atoms with E-state index in [-0.39, 0.29) is 5.41 Å². The number of hydrogen-bond donors (Lipinski definition) is 1. The Balaban J connectivity index is 1.74. The maximum Gasteiger partial charge on any atom is 0.133 e. The minimum Gasteiger partial charge on any atom is -0.464 e. The zero-order valence-electron chi connectivity index (χ0n) is 15.5. The van der Waals surface area contributed by atoms with Crippen molar-refractivity contribution in [3.63, 3.8) is 0 Å². The van der Waals surface area contributed by atoms with Crippen molar-refractivity contribution in [1.29, 1.82) is 0 Å². The van der Waals surface area contributed by atoms with Crippen LogP contribution >= 0.6 is 0 Å². The molecule has 3 aromatic heterocycles. The molecule has 2 aromatic carbocycles. The third kappa shape index (κ3) is 2.65. The van der Waals surface area contributed by atoms with E-state index in [9.17, 15) is 0 Å². The first-order valence-corrected chi connectivity index (χ1v) is 9.05. The number of nitrogens with zero attached hydrogens (tertiary/aromatic N) is 1. The molecule has 5 rings (SSSR count). The summed E-state index contributed by atoms with van der Waals surface area (Å²) in [5, 5.41) is 2.15. The Morgan fingerprint density at radius 2 is 1.37 bits per heavy atom. The Hall–Kier alpha value is -3.27. The monoisotopic (exact) mass is 356 g/mol. The van der Waals surface area contributed by atoms with Crippen LogP contribution in [0.1, 0.15) is 26.6 Å². The lowest BCUT2D eigenvalue weighted by atomic mass is 9.96. The molecule has 0 fully saturated rings. The van der Waals surface area contributed by atoms with E-state index < -0.39 is 0 Å². The fourth-order valence-electron chi connectivity index (χ4n) is 3.38. The van der Waals surface area contributed by atoms with Crippen LogP contribution in [0.3, 0.4) is 0 Å². The zero-order valence-corrected chi connectivity index (χ0v) is 15.5. The van der Waals surface area contributed by atoms with Gasteiger partial charge in [-0.3, -0.25) is 0 Å². The van der Waals surface area contributed by atoms with E-state index in [0.29, 0.717) is 0 Å². The minimum atomic E-state index is -0.0769. The van der Waals surface area contributed by atoms with Crippen LogP contribution in [0.25, 0.3) is 44.5 Å². The van der Waals surface area contributed by atoms with Gasteiger partial charge in [0.15, 0.2) is 0 Å². The highest BCUT2D eigenvalue weighted by Gasteiger charge is 2.23. The van der Waals surface area contributed by atoms with E-state index in [2.05, 4.69) is 50.0 Å². The summed E-state index contributed by atoms with van der Waals surface area (Å²) in [5.41, 5.74) is 5.82. The maximum absolute atomic E-state index is 5.49. The lowest BCUT2D eigenvalue weighted by molar-refractivity contribution is 0.553. The predicted molar refractivity (Wildman–Crippen MR) is 108 cm³/mol. The minimum absolute atomic E-state index is 0.0769. The van der Waals surface area contributed by atoms with Crippen LogP contribution in [0, 0.1) is 0 Å². The molecule has 0 spiro atoms. The van der Waals surface area contributed by atoms with Crippen molar-refractivity contribution in [2.75, 3.05) is 0 Å². The molecule has 27 heavy (non-hydrogen) atoms. The molecule has 4 nitrogen and oxygen atoms in total.